The molecule has 4 amide bonds. The van der Waals surface area contributed by atoms with Crippen molar-refractivity contribution in [1.82, 2.24) is 53.6 Å². The zero-order valence-electron chi connectivity index (χ0n) is 60.8. The minimum Gasteiger partial charge on any atom is -0.395 e. The fraction of sp³-hybridized carbons (Fsp3) is 0.0988. The van der Waals surface area contributed by atoms with Crippen molar-refractivity contribution in [3.63, 3.8) is 0 Å². The van der Waals surface area contributed by atoms with Crippen LogP contribution in [0.5, 0.6) is 0 Å². The summed E-state index contributed by atoms with van der Waals surface area (Å²) in [6, 6.07) is 61.5. The first-order valence-electron chi connectivity index (χ1n) is 34.6. The molecule has 7 heterocycles. The van der Waals surface area contributed by atoms with Crippen LogP contribution in [0.25, 0.3) is 50.8 Å². The number of sulfonamides is 2. The van der Waals surface area contributed by atoms with Crippen LogP contribution < -0.4 is 26.0 Å². The monoisotopic (exact) mass is 1700 g/mol. The van der Waals surface area contributed by atoms with E-state index in [1.54, 1.807) is 140 Å². The third-order valence-electron chi connectivity index (χ3n) is 16.9. The van der Waals surface area contributed by atoms with E-state index in [9.17, 15) is 44.4 Å². The Balaban J connectivity index is 0.000000151. The summed E-state index contributed by atoms with van der Waals surface area (Å²) in [5, 5.41) is 26.1. The number of amides is 4. The summed E-state index contributed by atoms with van der Waals surface area (Å²) in [7, 11) is -8.92. The van der Waals surface area contributed by atoms with Gasteiger partial charge in [0.05, 0.1) is 80.3 Å². The van der Waals surface area contributed by atoms with Crippen LogP contribution in [0.15, 0.2) is 283 Å². The number of pyridine rings is 5. The van der Waals surface area contributed by atoms with E-state index in [2.05, 4.69) is 65.9 Å². The normalized spacial score (nSPS) is 12.2. The van der Waals surface area contributed by atoms with Gasteiger partial charge in [-0.3, -0.25) is 39.1 Å². The lowest BCUT2D eigenvalue weighted by molar-refractivity contribution is 0.101. The van der Waals surface area contributed by atoms with E-state index in [4.69, 9.17) is 63.1 Å². The van der Waals surface area contributed by atoms with Gasteiger partial charge in [-0.25, -0.2) is 44.6 Å². The zero-order chi connectivity index (χ0) is 81.8. The number of sulfone groups is 1. The minimum absolute atomic E-state index is 0.0491. The van der Waals surface area contributed by atoms with Gasteiger partial charge in [-0.05, 0) is 195 Å². The number of benzene rings is 7. The quantitative estimate of drug-likeness (QED) is 0.0413. The Labute approximate surface area is 687 Å². The Morgan fingerprint density at radius 2 is 0.852 bits per heavy atom. The highest BCUT2D eigenvalue weighted by Gasteiger charge is 2.29. The largest absolute Gasteiger partial charge is 0.395 e. The Hall–Kier alpha value is -11.6. The van der Waals surface area contributed by atoms with Crippen LogP contribution in [0.3, 0.4) is 0 Å². The summed E-state index contributed by atoms with van der Waals surface area (Å²) < 4.78 is 78.8. The number of halogens is 5. The van der Waals surface area contributed by atoms with Crippen LogP contribution in [0, 0.1) is 0 Å². The van der Waals surface area contributed by atoms with Crippen LogP contribution in [-0.2, 0) is 29.9 Å². The minimum atomic E-state index is -3.82. The summed E-state index contributed by atoms with van der Waals surface area (Å²) >= 11 is 31.2. The number of anilines is 4. The van der Waals surface area contributed by atoms with E-state index >= 15 is 0 Å². The topological polar surface area (TPSA) is 353 Å². The molecule has 0 atom stereocenters. The maximum absolute atomic E-state index is 13.0. The molecule has 0 unspecified atom stereocenters. The average Bonchev–Trinajstić information content (AvgIpc) is 1.63. The number of nitrogens with one attached hydrogen (secondary N) is 5. The van der Waals surface area contributed by atoms with Gasteiger partial charge >= 0.3 is 0 Å². The van der Waals surface area contributed by atoms with Crippen molar-refractivity contribution in [3.8, 4) is 50.8 Å². The summed E-state index contributed by atoms with van der Waals surface area (Å²) in [6.07, 6.45) is 12.2. The summed E-state index contributed by atoms with van der Waals surface area (Å²) in [5.41, 5.74) is 8.71. The predicted molar refractivity (Wildman–Crippen MR) is 446 cm³/mol. The first-order valence-corrected chi connectivity index (χ1v) is 41.3. The molecular formula is C81H68Cl5N15O11S3. The van der Waals surface area contributed by atoms with Crippen molar-refractivity contribution in [2.75, 3.05) is 73.9 Å². The van der Waals surface area contributed by atoms with Crippen LogP contribution in [0.4, 0.5) is 22.7 Å². The standard InChI is InChI=1S/C23H23ClN4O3S.C20H18ClN3O4S.C19H14Cl2N2O3S.C19H13ClN6O/c1-27-11-13-28(14-12-27)32(30,31)19-6-4-5-17(15-19)23(29)26-18-8-9-21(24)20(16-18)22-7-2-3-10-25-22;21-18-8-7-15(13-17(18)19-6-1-2-9-22-19)24-20(26)14-4-3-5-16(12-14)29(27,28)23-10-11-25;1-27(25,26)13-6-7-14(17(21)11-13)19(24)23-12-5-8-16(20)15(10-12)18-4-2-3-9-22-18;20-16-6-5-14(9-15(16)17-3-1-2-8-22-17)25-19(27)13-4-7-18(23-10-13)26-12-21-11-24-26/h2-10,15-16H,11-14H2,1H3,(H,26,29);1-9,12-13,23,25H,10-11H2,(H,24,26);2-11H,1H3,(H,23,24);1-12H,(H,25,27). The molecule has 115 heavy (non-hydrogen) atoms. The van der Waals surface area contributed by atoms with Crippen LogP contribution in [0.2, 0.25) is 25.1 Å². The molecular weight excluding hydrogens is 1630 g/mol. The van der Waals surface area contributed by atoms with E-state index in [0.717, 1.165) is 17.5 Å². The highest BCUT2D eigenvalue weighted by Crippen LogP contribution is 2.35. The summed E-state index contributed by atoms with van der Waals surface area (Å²) in [5.74, 6) is -1.04. The van der Waals surface area contributed by atoms with Gasteiger partial charge in [0.15, 0.2) is 15.7 Å². The van der Waals surface area contributed by atoms with Crippen LogP contribution in [0.1, 0.15) is 41.4 Å². The number of carbonyl (C=O) groups is 4. The molecule has 1 saturated heterocycles. The van der Waals surface area contributed by atoms with Crippen molar-refractivity contribution in [2.24, 2.45) is 0 Å². The molecule has 7 aromatic carbocycles. The Morgan fingerprint density at radius 1 is 0.426 bits per heavy atom. The molecule has 13 aromatic rings. The molecule has 0 bridgehead atoms. The molecule has 1 aliphatic heterocycles. The zero-order valence-corrected chi connectivity index (χ0v) is 67.0. The number of aliphatic hydroxyl groups excluding tert-OH is 1. The molecule has 14 rings (SSSR count). The fourth-order valence-corrected chi connectivity index (χ4v) is 15.4. The SMILES string of the molecule is CN1CCN(S(=O)(=O)c2cccc(C(=O)Nc3ccc(Cl)c(-c4ccccn4)c3)c2)CC1.CS(=O)(=O)c1ccc(C(=O)Nc2ccc(Cl)c(-c3ccccn3)c2)c(Cl)c1.O=C(Nc1ccc(Cl)c(-c2ccccn2)c1)c1ccc(-n2cncn2)nc1.O=C(Nc1ccc(Cl)c(-c2ccccn2)c1)c1cccc(S(=O)(=O)NCCO)c1. The van der Waals surface area contributed by atoms with Crippen LogP contribution in [-0.4, -0.2) is 156 Å². The first-order chi connectivity index (χ1) is 55.2. The third-order valence-corrected chi connectivity index (χ3v) is 23.0. The summed E-state index contributed by atoms with van der Waals surface area (Å²) in [4.78, 5) is 77.9. The fourth-order valence-electron chi connectivity index (χ4n) is 11.0. The number of hydrogen-bond acceptors (Lipinski definition) is 19. The van der Waals surface area contributed by atoms with E-state index in [1.165, 1.54) is 82.4 Å². The number of aromatic nitrogens is 8. The van der Waals surface area contributed by atoms with Crippen molar-refractivity contribution in [1.29, 1.82) is 0 Å². The van der Waals surface area contributed by atoms with E-state index in [0.29, 0.717) is 114 Å². The second-order valence-corrected chi connectivity index (χ2v) is 32.8. The van der Waals surface area contributed by atoms with E-state index < -0.39 is 47.6 Å². The van der Waals surface area contributed by atoms with Gasteiger partial charge in [-0.15, -0.1) is 0 Å². The third kappa shape index (κ3) is 22.7. The molecule has 586 valence electrons. The number of rotatable bonds is 20. The number of piperazine rings is 1. The lowest BCUT2D eigenvalue weighted by Gasteiger charge is -2.31. The smallest absolute Gasteiger partial charge is 0.257 e. The van der Waals surface area contributed by atoms with Gasteiger partial charge < -0.3 is 31.3 Å². The first kappa shape index (κ1) is 84.4. The molecule has 1 fully saturated rings. The maximum Gasteiger partial charge on any atom is 0.257 e. The predicted octanol–water partition coefficient (Wildman–Crippen LogP) is 14.9. The number of nitrogens with zero attached hydrogens (tertiary/aromatic N) is 10. The highest BCUT2D eigenvalue weighted by molar-refractivity contribution is 7.90. The molecule has 0 spiro atoms. The number of likely N-dealkylation sites (N-methyl/N-ethyl adjacent to an activating group) is 1. The molecule has 6 aromatic heterocycles. The molecule has 0 saturated carbocycles. The van der Waals surface area contributed by atoms with Gasteiger partial charge in [0, 0.05) is 126 Å². The number of hydrogen-bond donors (Lipinski definition) is 6. The van der Waals surface area contributed by atoms with Gasteiger partial charge in [0.25, 0.3) is 23.6 Å². The molecule has 34 heteroatoms. The van der Waals surface area contributed by atoms with E-state index in [1.807, 2.05) is 61.6 Å². The Morgan fingerprint density at radius 3 is 1.23 bits per heavy atom. The molecule has 0 aliphatic carbocycles. The van der Waals surface area contributed by atoms with Crippen molar-refractivity contribution >= 4 is 134 Å². The molecule has 26 nitrogen and oxygen atoms in total. The molecule has 0 radical (unpaired) electrons. The van der Waals surface area contributed by atoms with Crippen molar-refractivity contribution < 1.29 is 49.5 Å². The second kappa shape index (κ2) is 39.0. The molecule has 1 aliphatic rings. The lowest BCUT2D eigenvalue weighted by atomic mass is 10.1. The van der Waals surface area contributed by atoms with Gasteiger partial charge in [-0.1, -0.05) is 94.4 Å². The summed E-state index contributed by atoms with van der Waals surface area (Å²) in [6.45, 7) is 1.77. The highest BCUT2D eigenvalue weighted by atomic mass is 35.5. The Bertz CT molecular complexity index is 6000. The van der Waals surface area contributed by atoms with Gasteiger partial charge in [0.2, 0.25) is 20.0 Å². The van der Waals surface area contributed by atoms with Gasteiger partial charge in [-0.2, -0.15) is 9.40 Å². The van der Waals surface area contributed by atoms with Gasteiger partial charge in [0.1, 0.15) is 12.7 Å². The van der Waals surface area contributed by atoms with Crippen LogP contribution >= 0.6 is 58.0 Å². The average molecular weight is 1700 g/mol. The van der Waals surface area contributed by atoms with Crippen molar-refractivity contribution in [2.45, 2.75) is 14.7 Å². The maximum atomic E-state index is 13.0. The lowest BCUT2D eigenvalue weighted by Crippen LogP contribution is -2.47. The van der Waals surface area contributed by atoms with Crippen molar-refractivity contribution in [3.05, 3.63) is 315 Å². The van der Waals surface area contributed by atoms with E-state index in [-0.39, 0.29) is 55.5 Å². The Kier molecular flexibility index (Phi) is 28.6. The molecule has 6 N–H and O–H groups in total. The number of aliphatic hydroxyl groups is 1. The second-order valence-electron chi connectivity index (χ2n) is 25.0. The number of carbonyl (C=O) groups excluding carboxylic acids is 4.